The van der Waals surface area contributed by atoms with Crippen molar-refractivity contribution in [3.8, 4) is 17.2 Å². The van der Waals surface area contributed by atoms with Crippen molar-refractivity contribution in [3.05, 3.63) is 69.6 Å². The van der Waals surface area contributed by atoms with E-state index in [9.17, 15) is 14.4 Å². The number of aryl methyl sites for hydroxylation is 1. The quantitative estimate of drug-likeness (QED) is 0.155. The van der Waals surface area contributed by atoms with E-state index >= 15 is 0 Å². The van der Waals surface area contributed by atoms with Crippen molar-refractivity contribution < 1.29 is 33.3 Å². The number of benzene rings is 2. The van der Waals surface area contributed by atoms with E-state index in [-0.39, 0.29) is 12.5 Å². The Morgan fingerprint density at radius 3 is 2.29 bits per heavy atom. The van der Waals surface area contributed by atoms with E-state index in [2.05, 4.69) is 15.8 Å². The highest BCUT2D eigenvalue weighted by Crippen LogP contribution is 2.33. The topological polar surface area (TPSA) is 125 Å². The summed E-state index contributed by atoms with van der Waals surface area (Å²) >= 11 is 1.32. The summed E-state index contributed by atoms with van der Waals surface area (Å²) in [5.74, 6) is 0.327. The minimum atomic E-state index is -0.852. The normalized spacial score (nSPS) is 11.6. The molecule has 0 aliphatic heterocycles. The molecule has 0 aliphatic carbocycles. The summed E-state index contributed by atoms with van der Waals surface area (Å²) in [5.41, 5.74) is 4.69. The zero-order chi connectivity index (χ0) is 29.9. The molecular formula is C30H35N3O7S. The Bertz CT molecular complexity index is 1400. The summed E-state index contributed by atoms with van der Waals surface area (Å²) in [7, 11) is 0. The molecule has 3 aromatic rings. The number of thiophene rings is 1. The van der Waals surface area contributed by atoms with Crippen LogP contribution >= 0.6 is 11.3 Å². The lowest BCUT2D eigenvalue weighted by Crippen LogP contribution is -2.33. The fourth-order valence-electron chi connectivity index (χ4n) is 3.69. The number of nitrogens with zero attached hydrogens (tertiary/aromatic N) is 1. The summed E-state index contributed by atoms with van der Waals surface area (Å²) in [6, 6.07) is 11.7. The van der Waals surface area contributed by atoms with E-state index in [4.69, 9.17) is 18.9 Å². The van der Waals surface area contributed by atoms with E-state index in [0.717, 1.165) is 16.0 Å². The fourth-order valence-corrected chi connectivity index (χ4v) is 4.73. The van der Waals surface area contributed by atoms with Gasteiger partial charge in [0.15, 0.2) is 17.6 Å². The minimum Gasteiger partial charge on any atom is -0.490 e. The third-order valence-electron chi connectivity index (χ3n) is 5.85. The number of anilines is 1. The van der Waals surface area contributed by atoms with Crippen molar-refractivity contribution >= 4 is 40.3 Å². The third-order valence-corrected chi connectivity index (χ3v) is 6.97. The Balaban J connectivity index is 1.58. The molecule has 1 aromatic heterocycles. The van der Waals surface area contributed by atoms with Crippen molar-refractivity contribution in [1.82, 2.24) is 5.43 Å². The van der Waals surface area contributed by atoms with Crippen LogP contribution in [0.5, 0.6) is 17.2 Å². The Labute approximate surface area is 243 Å². The van der Waals surface area contributed by atoms with Gasteiger partial charge >= 0.3 is 5.97 Å². The van der Waals surface area contributed by atoms with E-state index in [1.165, 1.54) is 17.6 Å². The van der Waals surface area contributed by atoms with E-state index in [1.807, 2.05) is 27.7 Å². The summed E-state index contributed by atoms with van der Waals surface area (Å²) in [6.45, 7) is 12.0. The molecule has 0 aliphatic rings. The van der Waals surface area contributed by atoms with Crippen molar-refractivity contribution in [2.75, 3.05) is 25.1 Å². The van der Waals surface area contributed by atoms with Crippen LogP contribution < -0.4 is 25.0 Å². The molecule has 3 rings (SSSR count). The molecule has 0 fully saturated rings. The van der Waals surface area contributed by atoms with Gasteiger partial charge in [-0.05, 0) is 95.1 Å². The standard InChI is InChI=1S/C30H35N3O7S/c1-7-37-24-15-10-21(16-25(24)38-8-2)17-31-33-27(34)19(5)40-23-13-11-22(12-14-23)28(35)32-29-26(30(36)39-9-3)18(4)20(6)41-29/h10-17,19H,7-9H2,1-6H3,(H,32,35)(H,33,34)/b31-17-/t19-/m1/s1. The van der Waals surface area contributed by atoms with E-state index in [1.54, 1.807) is 56.3 Å². The van der Waals surface area contributed by atoms with Crippen LogP contribution in [0.15, 0.2) is 47.6 Å². The van der Waals surface area contributed by atoms with E-state index < -0.39 is 18.0 Å². The molecule has 0 spiro atoms. The van der Waals surface area contributed by atoms with Gasteiger partial charge in [-0.1, -0.05) is 0 Å². The number of hydrazone groups is 1. The lowest BCUT2D eigenvalue weighted by Gasteiger charge is -2.13. The number of carbonyl (C=O) groups is 3. The van der Waals surface area contributed by atoms with E-state index in [0.29, 0.717) is 46.6 Å². The molecule has 0 bridgehead atoms. The lowest BCUT2D eigenvalue weighted by molar-refractivity contribution is -0.127. The van der Waals surface area contributed by atoms with Crippen LogP contribution in [-0.4, -0.2) is 49.9 Å². The zero-order valence-electron chi connectivity index (χ0n) is 24.0. The van der Waals surface area contributed by atoms with Gasteiger partial charge in [-0.2, -0.15) is 5.10 Å². The molecule has 10 nitrogen and oxygen atoms in total. The van der Waals surface area contributed by atoms with Gasteiger partial charge in [0.25, 0.3) is 11.8 Å². The van der Waals surface area contributed by atoms with Crippen LogP contribution in [0, 0.1) is 13.8 Å². The summed E-state index contributed by atoms with van der Waals surface area (Å²) in [4.78, 5) is 38.7. The minimum absolute atomic E-state index is 0.239. The number of hydrogen-bond acceptors (Lipinski definition) is 9. The van der Waals surface area contributed by atoms with Gasteiger partial charge in [0.1, 0.15) is 10.8 Å². The number of rotatable bonds is 13. The molecule has 2 amide bonds. The van der Waals surface area contributed by atoms with Crippen molar-refractivity contribution in [2.24, 2.45) is 5.10 Å². The molecule has 11 heteroatoms. The Kier molecular flexibility index (Phi) is 11.3. The van der Waals surface area contributed by atoms with Gasteiger partial charge in [0, 0.05) is 10.4 Å². The number of carbonyl (C=O) groups excluding carboxylic acids is 3. The average molecular weight is 582 g/mol. The average Bonchev–Trinajstić information content (AvgIpc) is 3.22. The number of esters is 1. The van der Waals surface area contributed by atoms with Gasteiger partial charge < -0.3 is 24.3 Å². The summed E-state index contributed by atoms with van der Waals surface area (Å²) in [5, 5.41) is 7.26. The molecule has 1 atom stereocenters. The first-order valence-electron chi connectivity index (χ1n) is 13.3. The smallest absolute Gasteiger partial charge is 0.341 e. The second-order valence-electron chi connectivity index (χ2n) is 8.75. The number of nitrogens with one attached hydrogen (secondary N) is 2. The highest BCUT2D eigenvalue weighted by molar-refractivity contribution is 7.16. The molecule has 0 radical (unpaired) electrons. The van der Waals surface area contributed by atoms with Crippen molar-refractivity contribution in [3.63, 3.8) is 0 Å². The maximum absolute atomic E-state index is 12.9. The molecule has 0 unspecified atom stereocenters. The molecule has 2 aromatic carbocycles. The SMILES string of the molecule is CCOC(=O)c1c(NC(=O)c2ccc(O[C@H](C)C(=O)N/N=C\c3ccc(OCC)c(OCC)c3)cc2)sc(C)c1C. The van der Waals surface area contributed by atoms with Crippen LogP contribution in [0.4, 0.5) is 5.00 Å². The first-order valence-corrected chi connectivity index (χ1v) is 14.1. The van der Waals surface area contributed by atoms with Crippen LogP contribution in [-0.2, 0) is 9.53 Å². The number of ether oxygens (including phenoxy) is 4. The Morgan fingerprint density at radius 1 is 0.951 bits per heavy atom. The molecule has 0 saturated carbocycles. The predicted octanol–water partition coefficient (Wildman–Crippen LogP) is 5.51. The molecule has 1 heterocycles. The van der Waals surface area contributed by atoms with Crippen LogP contribution in [0.2, 0.25) is 0 Å². The van der Waals surface area contributed by atoms with Gasteiger partial charge in [-0.3, -0.25) is 9.59 Å². The maximum Gasteiger partial charge on any atom is 0.341 e. The number of hydrogen-bond donors (Lipinski definition) is 2. The first kappa shape index (κ1) is 31.2. The predicted molar refractivity (Wildman–Crippen MR) is 159 cm³/mol. The maximum atomic E-state index is 12.9. The zero-order valence-corrected chi connectivity index (χ0v) is 24.8. The highest BCUT2D eigenvalue weighted by atomic mass is 32.1. The van der Waals surface area contributed by atoms with Crippen LogP contribution in [0.25, 0.3) is 0 Å². The summed E-state index contributed by atoms with van der Waals surface area (Å²) in [6.07, 6.45) is 0.649. The second-order valence-corrected chi connectivity index (χ2v) is 9.98. The van der Waals surface area contributed by atoms with Gasteiger partial charge in [0.05, 0.1) is 31.6 Å². The van der Waals surface area contributed by atoms with Gasteiger partial charge in [0.2, 0.25) is 0 Å². The molecular weight excluding hydrogens is 546 g/mol. The largest absolute Gasteiger partial charge is 0.490 e. The van der Waals surface area contributed by atoms with Gasteiger partial charge in [-0.25, -0.2) is 10.2 Å². The van der Waals surface area contributed by atoms with Crippen LogP contribution in [0.3, 0.4) is 0 Å². The first-order chi connectivity index (χ1) is 19.7. The Hall–Kier alpha value is -4.38. The number of amides is 2. The molecule has 0 saturated heterocycles. The lowest BCUT2D eigenvalue weighted by atomic mass is 10.1. The Morgan fingerprint density at radius 2 is 1.63 bits per heavy atom. The third kappa shape index (κ3) is 8.31. The highest BCUT2D eigenvalue weighted by Gasteiger charge is 2.22. The summed E-state index contributed by atoms with van der Waals surface area (Å²) < 4.78 is 22.0. The van der Waals surface area contributed by atoms with Crippen molar-refractivity contribution in [1.29, 1.82) is 0 Å². The molecule has 218 valence electrons. The van der Waals surface area contributed by atoms with Gasteiger partial charge in [-0.15, -0.1) is 11.3 Å². The molecule has 41 heavy (non-hydrogen) atoms. The molecule has 2 N–H and O–H groups in total. The second kappa shape index (κ2) is 14.8. The van der Waals surface area contributed by atoms with Crippen LogP contribution in [0.1, 0.15) is 64.4 Å². The van der Waals surface area contributed by atoms with Crippen molar-refractivity contribution in [2.45, 2.75) is 47.6 Å². The fraction of sp³-hybridized carbons (Fsp3) is 0.333. The monoisotopic (exact) mass is 581 g/mol.